The fourth-order valence-corrected chi connectivity index (χ4v) is 3.29. The highest BCUT2D eigenvalue weighted by Crippen LogP contribution is 2.27. The van der Waals surface area contributed by atoms with Crippen LogP contribution in [0.1, 0.15) is 15.9 Å². The number of benzene rings is 2. The Morgan fingerprint density at radius 3 is 2.71 bits per heavy atom. The largest absolute Gasteiger partial charge is 0.294 e. The average Bonchev–Trinajstić information content (AvgIpc) is 2.86. The maximum absolute atomic E-state index is 13.8. The zero-order valence-corrected chi connectivity index (χ0v) is 12.3. The number of carbonyl (C=O) groups excluding carboxylic acids is 1. The lowest BCUT2D eigenvalue weighted by Gasteiger charge is -2.04. The normalized spacial score (nSPS) is 11.0. The fourth-order valence-electron chi connectivity index (χ4n) is 2.17. The summed E-state index contributed by atoms with van der Waals surface area (Å²) in [6.45, 7) is 0. The number of halogens is 3. The second kappa shape index (κ2) is 5.54. The highest BCUT2D eigenvalue weighted by atomic mass is 35.5. The van der Waals surface area contributed by atoms with Gasteiger partial charge in [-0.2, -0.15) is 0 Å². The molecule has 106 valence electrons. The van der Waals surface area contributed by atoms with E-state index in [9.17, 15) is 13.6 Å². The number of rotatable bonds is 3. The van der Waals surface area contributed by atoms with Crippen LogP contribution in [0.15, 0.2) is 41.8 Å². The third-order valence-corrected chi connectivity index (χ3v) is 4.52. The van der Waals surface area contributed by atoms with Gasteiger partial charge in [0.2, 0.25) is 0 Å². The molecule has 0 unspecified atom stereocenters. The van der Waals surface area contributed by atoms with E-state index in [4.69, 9.17) is 11.6 Å². The summed E-state index contributed by atoms with van der Waals surface area (Å²) < 4.78 is 28.2. The lowest BCUT2D eigenvalue weighted by atomic mass is 10.0. The van der Waals surface area contributed by atoms with Gasteiger partial charge in [0.15, 0.2) is 5.78 Å². The van der Waals surface area contributed by atoms with Crippen molar-refractivity contribution >= 4 is 38.8 Å². The van der Waals surface area contributed by atoms with E-state index in [1.54, 1.807) is 0 Å². The van der Waals surface area contributed by atoms with Crippen molar-refractivity contribution in [1.29, 1.82) is 0 Å². The van der Waals surface area contributed by atoms with Crippen LogP contribution in [0, 0.1) is 11.6 Å². The molecule has 0 fully saturated rings. The molecule has 0 amide bonds. The van der Waals surface area contributed by atoms with Crippen LogP contribution >= 0.6 is 22.9 Å². The molecular formula is C16H9ClF2OS. The van der Waals surface area contributed by atoms with Gasteiger partial charge in [-0.05, 0) is 34.5 Å². The summed E-state index contributed by atoms with van der Waals surface area (Å²) in [5, 5.41) is 2.50. The molecule has 1 nitrogen and oxygen atoms in total. The van der Waals surface area contributed by atoms with E-state index in [2.05, 4.69) is 0 Å². The zero-order valence-electron chi connectivity index (χ0n) is 10.7. The highest BCUT2D eigenvalue weighted by molar-refractivity contribution is 7.17. The van der Waals surface area contributed by atoms with E-state index >= 15 is 0 Å². The first-order chi connectivity index (χ1) is 10.1. The van der Waals surface area contributed by atoms with Crippen molar-refractivity contribution < 1.29 is 13.6 Å². The molecule has 0 atom stereocenters. The molecule has 0 bridgehead atoms. The minimum atomic E-state index is -0.800. The van der Waals surface area contributed by atoms with Gasteiger partial charge in [0.1, 0.15) is 11.6 Å². The second-order valence-electron chi connectivity index (χ2n) is 4.60. The van der Waals surface area contributed by atoms with Crippen molar-refractivity contribution in [2.45, 2.75) is 6.42 Å². The summed E-state index contributed by atoms with van der Waals surface area (Å²) >= 11 is 7.01. The summed E-state index contributed by atoms with van der Waals surface area (Å²) in [7, 11) is 0. The SMILES string of the molecule is O=C(Cc1csc2ccccc12)c1cc(F)c(Cl)cc1F. The number of ketones is 1. The molecule has 0 saturated carbocycles. The third-order valence-electron chi connectivity index (χ3n) is 3.22. The summed E-state index contributed by atoms with van der Waals surface area (Å²) in [6.07, 6.45) is 0.0298. The predicted octanol–water partition coefficient (Wildman–Crippen LogP) is 5.26. The molecule has 5 heteroatoms. The number of Topliss-reactive ketones (excluding diaryl/α,β-unsaturated/α-hetero) is 1. The molecule has 1 aromatic heterocycles. The van der Waals surface area contributed by atoms with Crippen molar-refractivity contribution in [3.63, 3.8) is 0 Å². The van der Waals surface area contributed by atoms with Gasteiger partial charge in [0.25, 0.3) is 0 Å². The van der Waals surface area contributed by atoms with E-state index in [0.717, 1.165) is 27.8 Å². The molecule has 1 heterocycles. The van der Waals surface area contributed by atoms with Gasteiger partial charge in [0, 0.05) is 11.1 Å². The Balaban J connectivity index is 1.95. The number of thiophene rings is 1. The summed E-state index contributed by atoms with van der Waals surface area (Å²) in [5.41, 5.74) is 0.544. The van der Waals surface area contributed by atoms with Crippen LogP contribution in [0.25, 0.3) is 10.1 Å². The molecular weight excluding hydrogens is 314 g/mol. The van der Waals surface area contributed by atoms with Gasteiger partial charge < -0.3 is 0 Å². The zero-order chi connectivity index (χ0) is 15.0. The van der Waals surface area contributed by atoms with Crippen LogP contribution in [-0.4, -0.2) is 5.78 Å². The van der Waals surface area contributed by atoms with E-state index in [0.29, 0.717) is 0 Å². The summed E-state index contributed by atoms with van der Waals surface area (Å²) in [5.74, 6) is -2.06. The topological polar surface area (TPSA) is 17.1 Å². The molecule has 3 rings (SSSR count). The van der Waals surface area contributed by atoms with Crippen molar-refractivity contribution in [1.82, 2.24) is 0 Å². The average molecular weight is 323 g/mol. The summed E-state index contributed by atoms with van der Waals surface area (Å²) in [6, 6.07) is 9.35. The first kappa shape index (κ1) is 14.2. The smallest absolute Gasteiger partial charge is 0.170 e. The predicted molar refractivity (Wildman–Crippen MR) is 81.2 cm³/mol. The van der Waals surface area contributed by atoms with Crippen molar-refractivity contribution in [3.8, 4) is 0 Å². The number of hydrogen-bond donors (Lipinski definition) is 0. The molecule has 21 heavy (non-hydrogen) atoms. The fraction of sp³-hybridized carbons (Fsp3) is 0.0625. The van der Waals surface area contributed by atoms with Crippen LogP contribution in [-0.2, 0) is 6.42 Å². The standard InChI is InChI=1S/C16H9ClF2OS/c17-12-7-13(18)11(6-14(12)19)15(20)5-9-8-21-16-4-2-1-3-10(9)16/h1-4,6-8H,5H2. The van der Waals surface area contributed by atoms with E-state index in [-0.39, 0.29) is 17.0 Å². The minimum absolute atomic E-state index is 0.0298. The van der Waals surface area contributed by atoms with Gasteiger partial charge in [0.05, 0.1) is 10.6 Å². The molecule has 0 aliphatic carbocycles. The monoisotopic (exact) mass is 322 g/mol. The molecule has 3 aromatic rings. The van der Waals surface area contributed by atoms with Crippen LogP contribution < -0.4 is 0 Å². The van der Waals surface area contributed by atoms with Crippen molar-refractivity contribution in [3.05, 3.63) is 69.6 Å². The Bertz CT molecular complexity index is 841. The second-order valence-corrected chi connectivity index (χ2v) is 5.92. The highest BCUT2D eigenvalue weighted by Gasteiger charge is 2.17. The maximum Gasteiger partial charge on any atom is 0.170 e. The van der Waals surface area contributed by atoms with Crippen molar-refractivity contribution in [2.75, 3.05) is 0 Å². The molecule has 2 aromatic carbocycles. The lowest BCUT2D eigenvalue weighted by Crippen LogP contribution is -2.06. The number of fused-ring (bicyclic) bond motifs is 1. The number of hydrogen-bond acceptors (Lipinski definition) is 2. The minimum Gasteiger partial charge on any atom is -0.294 e. The summed E-state index contributed by atoms with van der Waals surface area (Å²) in [4.78, 5) is 12.2. The maximum atomic E-state index is 13.8. The molecule has 0 spiro atoms. The first-order valence-electron chi connectivity index (χ1n) is 6.19. The Labute approximate surface area is 128 Å². The van der Waals surface area contributed by atoms with Crippen LogP contribution in [0.4, 0.5) is 8.78 Å². The Morgan fingerprint density at radius 1 is 1.14 bits per heavy atom. The van der Waals surface area contributed by atoms with Gasteiger partial charge in [-0.15, -0.1) is 11.3 Å². The Morgan fingerprint density at radius 2 is 1.90 bits per heavy atom. The van der Waals surface area contributed by atoms with Crippen LogP contribution in [0.3, 0.4) is 0 Å². The van der Waals surface area contributed by atoms with E-state index < -0.39 is 17.4 Å². The van der Waals surface area contributed by atoms with Crippen LogP contribution in [0.2, 0.25) is 5.02 Å². The third kappa shape index (κ3) is 2.69. The number of carbonyl (C=O) groups is 1. The molecule has 0 aliphatic heterocycles. The van der Waals surface area contributed by atoms with Crippen molar-refractivity contribution in [2.24, 2.45) is 0 Å². The molecule has 0 N–H and O–H groups in total. The van der Waals surface area contributed by atoms with E-state index in [1.807, 2.05) is 29.6 Å². The molecule has 0 radical (unpaired) electrons. The molecule has 0 aliphatic rings. The van der Waals surface area contributed by atoms with Gasteiger partial charge in [-0.1, -0.05) is 29.8 Å². The van der Waals surface area contributed by atoms with Gasteiger partial charge >= 0.3 is 0 Å². The Hall–Kier alpha value is -1.78. The Kier molecular flexibility index (Phi) is 3.74. The van der Waals surface area contributed by atoms with E-state index in [1.165, 1.54) is 11.3 Å². The first-order valence-corrected chi connectivity index (χ1v) is 7.45. The lowest BCUT2D eigenvalue weighted by molar-refractivity contribution is 0.0989. The van der Waals surface area contributed by atoms with Gasteiger partial charge in [-0.25, -0.2) is 8.78 Å². The molecule has 0 saturated heterocycles. The quantitative estimate of drug-likeness (QED) is 0.475. The van der Waals surface area contributed by atoms with Gasteiger partial charge in [-0.3, -0.25) is 4.79 Å². The van der Waals surface area contributed by atoms with Crippen LogP contribution in [0.5, 0.6) is 0 Å².